The highest BCUT2D eigenvalue weighted by atomic mass is 19.1. The van der Waals surface area contributed by atoms with Gasteiger partial charge in [0.2, 0.25) is 0 Å². The Bertz CT molecular complexity index is 480. The Kier molecular flexibility index (Phi) is 4.11. The fraction of sp³-hybridized carbons (Fsp3) is 0.462. The summed E-state index contributed by atoms with van der Waals surface area (Å²) in [4.78, 5) is 13.6. The molecule has 0 aliphatic carbocycles. The van der Waals surface area contributed by atoms with Crippen LogP contribution < -0.4 is 5.73 Å². The summed E-state index contributed by atoms with van der Waals surface area (Å²) >= 11 is 0. The third-order valence-electron chi connectivity index (χ3n) is 3.13. The van der Waals surface area contributed by atoms with Crippen LogP contribution in [0.5, 0.6) is 0 Å². The van der Waals surface area contributed by atoms with E-state index in [1.807, 2.05) is 0 Å². The van der Waals surface area contributed by atoms with Crippen molar-refractivity contribution in [1.82, 2.24) is 4.90 Å². The number of carbonyl (C=O) groups excluding carboxylic acids is 1. The summed E-state index contributed by atoms with van der Waals surface area (Å²) < 4.78 is 32.1. The van der Waals surface area contributed by atoms with Crippen molar-refractivity contribution >= 4 is 5.91 Å². The molecule has 1 aromatic rings. The van der Waals surface area contributed by atoms with E-state index in [1.165, 1.54) is 4.90 Å². The van der Waals surface area contributed by atoms with E-state index >= 15 is 0 Å². The zero-order valence-corrected chi connectivity index (χ0v) is 10.6. The largest absolute Gasteiger partial charge is 0.373 e. The third kappa shape index (κ3) is 3.08. The van der Waals surface area contributed by atoms with E-state index in [4.69, 9.17) is 10.5 Å². The van der Waals surface area contributed by atoms with Gasteiger partial charge in [-0.1, -0.05) is 0 Å². The molecule has 0 saturated carbocycles. The molecule has 2 atom stereocenters. The van der Waals surface area contributed by atoms with Gasteiger partial charge in [-0.05, 0) is 25.1 Å². The van der Waals surface area contributed by atoms with E-state index in [-0.39, 0.29) is 24.3 Å². The van der Waals surface area contributed by atoms with Crippen LogP contribution in [0.1, 0.15) is 17.3 Å². The minimum absolute atomic E-state index is 0.229. The van der Waals surface area contributed by atoms with Crippen LogP contribution in [0.15, 0.2) is 18.2 Å². The van der Waals surface area contributed by atoms with Crippen molar-refractivity contribution in [3.63, 3.8) is 0 Å². The Hall–Kier alpha value is -1.53. The molecule has 1 amide bonds. The lowest BCUT2D eigenvalue weighted by molar-refractivity contribution is -0.0301. The van der Waals surface area contributed by atoms with Gasteiger partial charge < -0.3 is 15.4 Å². The Morgan fingerprint density at radius 2 is 2.26 bits per heavy atom. The lowest BCUT2D eigenvalue weighted by Crippen LogP contribution is -2.51. The number of nitrogens with zero attached hydrogens (tertiary/aromatic N) is 1. The van der Waals surface area contributed by atoms with Crippen LogP contribution in [0, 0.1) is 11.6 Å². The molecule has 6 heteroatoms. The van der Waals surface area contributed by atoms with Gasteiger partial charge in [0.15, 0.2) is 0 Å². The first-order valence-electron chi connectivity index (χ1n) is 6.10. The second kappa shape index (κ2) is 5.63. The van der Waals surface area contributed by atoms with Gasteiger partial charge in [0.25, 0.3) is 5.91 Å². The van der Waals surface area contributed by atoms with Gasteiger partial charge in [-0.3, -0.25) is 4.79 Å². The fourth-order valence-electron chi connectivity index (χ4n) is 2.01. The zero-order chi connectivity index (χ0) is 14.0. The van der Waals surface area contributed by atoms with Crippen molar-refractivity contribution in [3.8, 4) is 0 Å². The summed E-state index contributed by atoms with van der Waals surface area (Å²) in [5, 5.41) is 0. The van der Waals surface area contributed by atoms with E-state index in [1.54, 1.807) is 6.92 Å². The molecule has 0 spiro atoms. The Balaban J connectivity index is 2.17. The number of halogens is 2. The maximum absolute atomic E-state index is 13.6. The van der Waals surface area contributed by atoms with Gasteiger partial charge in [0.1, 0.15) is 11.6 Å². The zero-order valence-electron chi connectivity index (χ0n) is 10.6. The highest BCUT2D eigenvalue weighted by molar-refractivity contribution is 5.94. The van der Waals surface area contributed by atoms with E-state index in [9.17, 15) is 13.6 Å². The van der Waals surface area contributed by atoms with Crippen molar-refractivity contribution in [1.29, 1.82) is 0 Å². The molecule has 1 heterocycles. The molecule has 104 valence electrons. The van der Waals surface area contributed by atoms with Crippen LogP contribution in [-0.2, 0) is 4.74 Å². The van der Waals surface area contributed by atoms with Crippen molar-refractivity contribution in [2.24, 2.45) is 5.73 Å². The summed E-state index contributed by atoms with van der Waals surface area (Å²) in [6, 6.07) is 2.61. The molecule has 1 fully saturated rings. The molecule has 1 aliphatic rings. The van der Waals surface area contributed by atoms with E-state index < -0.39 is 17.5 Å². The highest BCUT2D eigenvalue weighted by Gasteiger charge is 2.28. The summed E-state index contributed by atoms with van der Waals surface area (Å²) in [5.41, 5.74) is 5.47. The maximum atomic E-state index is 13.6. The van der Waals surface area contributed by atoms with Gasteiger partial charge in [-0.2, -0.15) is 0 Å². The Morgan fingerprint density at radius 1 is 1.53 bits per heavy atom. The van der Waals surface area contributed by atoms with Crippen LogP contribution in [-0.4, -0.2) is 42.6 Å². The second-order valence-corrected chi connectivity index (χ2v) is 4.64. The number of morpholine rings is 1. The number of hydrogen-bond acceptors (Lipinski definition) is 3. The molecular formula is C13H16F2N2O2. The molecule has 19 heavy (non-hydrogen) atoms. The average Bonchev–Trinajstić information content (AvgIpc) is 2.41. The van der Waals surface area contributed by atoms with Gasteiger partial charge in [-0.15, -0.1) is 0 Å². The average molecular weight is 270 g/mol. The quantitative estimate of drug-likeness (QED) is 0.877. The molecule has 2 rings (SSSR count). The SMILES string of the molecule is CC(N)C1CN(C(=O)c2cc(F)ccc2F)CCO1. The number of rotatable bonds is 2. The number of nitrogens with two attached hydrogens (primary N) is 1. The highest BCUT2D eigenvalue weighted by Crippen LogP contribution is 2.16. The van der Waals surface area contributed by atoms with Crippen LogP contribution in [0.4, 0.5) is 8.78 Å². The van der Waals surface area contributed by atoms with Gasteiger partial charge in [0.05, 0.1) is 18.3 Å². The van der Waals surface area contributed by atoms with Crippen LogP contribution in [0.25, 0.3) is 0 Å². The number of amides is 1. The minimum atomic E-state index is -0.727. The first kappa shape index (κ1) is 13.9. The molecular weight excluding hydrogens is 254 g/mol. The van der Waals surface area contributed by atoms with E-state index in [2.05, 4.69) is 0 Å². The lowest BCUT2D eigenvalue weighted by Gasteiger charge is -2.34. The molecule has 1 aliphatic heterocycles. The Morgan fingerprint density at radius 3 is 2.95 bits per heavy atom. The molecule has 0 bridgehead atoms. The van der Waals surface area contributed by atoms with Crippen LogP contribution in [0.3, 0.4) is 0 Å². The van der Waals surface area contributed by atoms with Crippen LogP contribution >= 0.6 is 0 Å². The molecule has 4 nitrogen and oxygen atoms in total. The number of benzene rings is 1. The van der Waals surface area contributed by atoms with Crippen molar-refractivity contribution in [2.75, 3.05) is 19.7 Å². The topological polar surface area (TPSA) is 55.6 Å². The van der Waals surface area contributed by atoms with Crippen LogP contribution in [0.2, 0.25) is 0 Å². The molecule has 0 radical (unpaired) electrons. The normalized spacial score (nSPS) is 21.3. The first-order chi connectivity index (χ1) is 8.99. The van der Waals surface area contributed by atoms with Crippen molar-refractivity contribution in [2.45, 2.75) is 19.1 Å². The number of carbonyl (C=O) groups is 1. The third-order valence-corrected chi connectivity index (χ3v) is 3.13. The summed E-state index contributed by atoms with van der Waals surface area (Å²) in [5.74, 6) is -1.90. The standard InChI is InChI=1S/C13H16F2N2O2/c1-8(16)12-7-17(4-5-19-12)13(18)10-6-9(14)2-3-11(10)15/h2-3,6,8,12H,4-5,7,16H2,1H3. The molecule has 2 N–H and O–H groups in total. The maximum Gasteiger partial charge on any atom is 0.257 e. The van der Waals surface area contributed by atoms with E-state index in [0.717, 1.165) is 18.2 Å². The summed E-state index contributed by atoms with van der Waals surface area (Å²) in [6.07, 6.45) is -0.283. The van der Waals surface area contributed by atoms with Crippen molar-refractivity contribution in [3.05, 3.63) is 35.4 Å². The molecule has 1 saturated heterocycles. The smallest absolute Gasteiger partial charge is 0.257 e. The molecule has 1 aromatic carbocycles. The Labute approximate surface area is 110 Å². The summed E-state index contributed by atoms with van der Waals surface area (Å²) in [7, 11) is 0. The van der Waals surface area contributed by atoms with Gasteiger partial charge in [0, 0.05) is 19.1 Å². The first-order valence-corrected chi connectivity index (χ1v) is 6.10. The number of ether oxygens (including phenoxy) is 1. The van der Waals surface area contributed by atoms with E-state index in [0.29, 0.717) is 13.2 Å². The molecule has 2 unspecified atom stereocenters. The molecule has 0 aromatic heterocycles. The summed E-state index contributed by atoms with van der Waals surface area (Å²) in [6.45, 7) is 2.75. The van der Waals surface area contributed by atoms with Gasteiger partial charge in [-0.25, -0.2) is 8.78 Å². The minimum Gasteiger partial charge on any atom is -0.373 e. The monoisotopic (exact) mass is 270 g/mol. The number of hydrogen-bond donors (Lipinski definition) is 1. The van der Waals surface area contributed by atoms with Crippen molar-refractivity contribution < 1.29 is 18.3 Å². The predicted molar refractivity (Wildman–Crippen MR) is 65.7 cm³/mol. The predicted octanol–water partition coefficient (Wildman–Crippen LogP) is 1.15. The fourth-order valence-corrected chi connectivity index (χ4v) is 2.01. The van der Waals surface area contributed by atoms with Gasteiger partial charge >= 0.3 is 0 Å². The lowest BCUT2D eigenvalue weighted by atomic mass is 10.1. The second-order valence-electron chi connectivity index (χ2n) is 4.64.